The van der Waals surface area contributed by atoms with Crippen molar-refractivity contribution in [2.45, 2.75) is 63.8 Å². The summed E-state index contributed by atoms with van der Waals surface area (Å²) in [5.41, 5.74) is 1.20. The fourth-order valence-corrected chi connectivity index (χ4v) is 3.14. The summed E-state index contributed by atoms with van der Waals surface area (Å²) in [5.74, 6) is -0.902. The topological polar surface area (TPSA) is 57.6 Å². The van der Waals surface area contributed by atoms with Crippen LogP contribution in [0.15, 0.2) is 11.6 Å². The molecule has 0 bridgehead atoms. The third-order valence-electron chi connectivity index (χ3n) is 4.15. The Balaban J connectivity index is 1.97. The van der Waals surface area contributed by atoms with Crippen LogP contribution in [0.5, 0.6) is 0 Å². The van der Waals surface area contributed by atoms with Crippen molar-refractivity contribution in [3.8, 4) is 0 Å². The Bertz CT molecular complexity index is 370. The Morgan fingerprint density at radius 1 is 1.21 bits per heavy atom. The van der Waals surface area contributed by atoms with Crippen LogP contribution < -0.4 is 0 Å². The molecule has 106 valence electrons. The largest absolute Gasteiger partial charge is 0.480 e. The number of carboxylic acid groups (broad SMARTS) is 1. The van der Waals surface area contributed by atoms with E-state index in [4.69, 9.17) is 5.11 Å². The third kappa shape index (κ3) is 4.08. The van der Waals surface area contributed by atoms with E-state index in [1.54, 1.807) is 4.90 Å². The van der Waals surface area contributed by atoms with Crippen LogP contribution in [0.25, 0.3) is 0 Å². The minimum absolute atomic E-state index is 0.00227. The molecule has 0 saturated heterocycles. The second kappa shape index (κ2) is 6.73. The average molecular weight is 265 g/mol. The summed E-state index contributed by atoms with van der Waals surface area (Å²) >= 11 is 0. The van der Waals surface area contributed by atoms with Gasteiger partial charge in [-0.1, -0.05) is 24.5 Å². The lowest BCUT2D eigenvalue weighted by Gasteiger charge is -2.28. The lowest BCUT2D eigenvalue weighted by Crippen LogP contribution is -2.42. The van der Waals surface area contributed by atoms with Crippen LogP contribution in [-0.2, 0) is 9.59 Å². The van der Waals surface area contributed by atoms with Gasteiger partial charge in [0.15, 0.2) is 0 Å². The van der Waals surface area contributed by atoms with Crippen molar-refractivity contribution in [1.82, 2.24) is 4.90 Å². The lowest BCUT2D eigenvalue weighted by molar-refractivity contribution is -0.145. The number of hydrogen-bond acceptors (Lipinski definition) is 2. The van der Waals surface area contributed by atoms with E-state index in [-0.39, 0.29) is 18.5 Å². The zero-order valence-electron chi connectivity index (χ0n) is 11.4. The molecule has 0 aliphatic heterocycles. The first kappa shape index (κ1) is 14.1. The monoisotopic (exact) mass is 265 g/mol. The van der Waals surface area contributed by atoms with Gasteiger partial charge < -0.3 is 10.0 Å². The summed E-state index contributed by atoms with van der Waals surface area (Å²) in [5, 5.41) is 8.99. The van der Waals surface area contributed by atoms with Crippen LogP contribution in [0.4, 0.5) is 0 Å². The van der Waals surface area contributed by atoms with Gasteiger partial charge in [-0.3, -0.25) is 9.59 Å². The number of hydrogen-bond donors (Lipinski definition) is 1. The highest BCUT2D eigenvalue weighted by Crippen LogP contribution is 2.26. The Morgan fingerprint density at radius 2 is 1.95 bits per heavy atom. The fraction of sp³-hybridized carbons (Fsp3) is 0.733. The molecule has 2 aliphatic rings. The Hall–Kier alpha value is -1.32. The minimum atomic E-state index is -0.905. The Morgan fingerprint density at radius 3 is 2.53 bits per heavy atom. The number of amides is 1. The van der Waals surface area contributed by atoms with Crippen LogP contribution in [0.2, 0.25) is 0 Å². The van der Waals surface area contributed by atoms with E-state index in [0.717, 1.165) is 44.9 Å². The number of carboxylic acids is 1. The second-order valence-electron chi connectivity index (χ2n) is 5.64. The number of aliphatic carboxylic acids is 1. The third-order valence-corrected chi connectivity index (χ3v) is 4.15. The Labute approximate surface area is 114 Å². The predicted molar refractivity (Wildman–Crippen MR) is 72.8 cm³/mol. The molecule has 1 amide bonds. The summed E-state index contributed by atoms with van der Waals surface area (Å²) in [7, 11) is 0. The molecule has 0 heterocycles. The van der Waals surface area contributed by atoms with E-state index in [2.05, 4.69) is 6.08 Å². The van der Waals surface area contributed by atoms with E-state index >= 15 is 0 Å². The van der Waals surface area contributed by atoms with Crippen LogP contribution in [0, 0.1) is 0 Å². The van der Waals surface area contributed by atoms with Crippen molar-refractivity contribution >= 4 is 11.9 Å². The lowest BCUT2D eigenvalue weighted by atomic mass is 9.96. The smallest absolute Gasteiger partial charge is 0.323 e. The number of rotatable bonds is 5. The summed E-state index contributed by atoms with van der Waals surface area (Å²) in [6.45, 7) is -0.142. The molecular formula is C15H23NO3. The van der Waals surface area contributed by atoms with E-state index in [1.807, 2.05) is 0 Å². The molecule has 1 saturated carbocycles. The molecule has 0 aromatic heterocycles. The fourth-order valence-electron chi connectivity index (χ4n) is 3.14. The number of carbonyl (C=O) groups excluding carboxylic acids is 1. The van der Waals surface area contributed by atoms with E-state index in [1.165, 1.54) is 12.0 Å². The predicted octanol–water partition coefficient (Wildman–Crippen LogP) is 2.73. The van der Waals surface area contributed by atoms with Gasteiger partial charge in [-0.05, 0) is 38.5 Å². The first-order valence-corrected chi connectivity index (χ1v) is 7.36. The van der Waals surface area contributed by atoms with Crippen LogP contribution >= 0.6 is 0 Å². The summed E-state index contributed by atoms with van der Waals surface area (Å²) in [4.78, 5) is 24.9. The van der Waals surface area contributed by atoms with Crippen molar-refractivity contribution in [3.63, 3.8) is 0 Å². The molecule has 0 aromatic rings. The molecule has 19 heavy (non-hydrogen) atoms. The zero-order valence-corrected chi connectivity index (χ0v) is 11.4. The highest BCUT2D eigenvalue weighted by atomic mass is 16.4. The molecule has 0 radical (unpaired) electrons. The molecule has 0 spiro atoms. The van der Waals surface area contributed by atoms with E-state index < -0.39 is 5.97 Å². The molecule has 0 aromatic carbocycles. The Kier molecular flexibility index (Phi) is 5.00. The highest BCUT2D eigenvalue weighted by molar-refractivity contribution is 5.83. The van der Waals surface area contributed by atoms with Gasteiger partial charge in [0.1, 0.15) is 6.54 Å². The molecule has 2 rings (SSSR count). The van der Waals surface area contributed by atoms with Gasteiger partial charge >= 0.3 is 5.97 Å². The van der Waals surface area contributed by atoms with Crippen LogP contribution in [0.3, 0.4) is 0 Å². The standard InChI is InChI=1S/C15H23NO3/c17-14(10-12-6-2-1-3-7-12)16(11-15(18)19)13-8-4-5-9-13/h6,13H,1-5,7-11H2,(H,18,19). The van der Waals surface area contributed by atoms with E-state index in [9.17, 15) is 9.59 Å². The average Bonchev–Trinajstić information content (AvgIpc) is 2.90. The van der Waals surface area contributed by atoms with Crippen molar-refractivity contribution in [2.75, 3.05) is 6.54 Å². The maximum Gasteiger partial charge on any atom is 0.323 e. The first-order chi connectivity index (χ1) is 9.16. The van der Waals surface area contributed by atoms with E-state index in [0.29, 0.717) is 6.42 Å². The van der Waals surface area contributed by atoms with Gasteiger partial charge in [-0.15, -0.1) is 0 Å². The SMILES string of the molecule is O=C(O)CN(C(=O)CC1=CCCCC1)C1CCCC1. The quantitative estimate of drug-likeness (QED) is 0.778. The maximum atomic E-state index is 12.4. The second-order valence-corrected chi connectivity index (χ2v) is 5.64. The summed E-state index contributed by atoms with van der Waals surface area (Å²) in [6, 6.07) is 0.146. The van der Waals surface area contributed by atoms with Gasteiger partial charge in [0.25, 0.3) is 0 Å². The number of carbonyl (C=O) groups is 2. The summed E-state index contributed by atoms with van der Waals surface area (Å²) < 4.78 is 0. The van der Waals surface area contributed by atoms with Crippen molar-refractivity contribution in [3.05, 3.63) is 11.6 Å². The summed E-state index contributed by atoms with van der Waals surface area (Å²) in [6.07, 6.45) is 11.1. The van der Waals surface area contributed by atoms with Crippen molar-refractivity contribution in [2.24, 2.45) is 0 Å². The molecular weight excluding hydrogens is 242 g/mol. The maximum absolute atomic E-state index is 12.4. The van der Waals surface area contributed by atoms with Gasteiger partial charge in [0, 0.05) is 12.5 Å². The van der Waals surface area contributed by atoms with Crippen molar-refractivity contribution < 1.29 is 14.7 Å². The normalized spacial score (nSPS) is 20.1. The van der Waals surface area contributed by atoms with Gasteiger partial charge in [0.2, 0.25) is 5.91 Å². The molecule has 4 nitrogen and oxygen atoms in total. The van der Waals surface area contributed by atoms with Gasteiger partial charge in [-0.25, -0.2) is 0 Å². The molecule has 2 aliphatic carbocycles. The molecule has 0 atom stereocenters. The molecule has 1 fully saturated rings. The zero-order chi connectivity index (χ0) is 13.7. The van der Waals surface area contributed by atoms with Gasteiger partial charge in [-0.2, -0.15) is 0 Å². The molecule has 4 heteroatoms. The first-order valence-electron chi connectivity index (χ1n) is 7.36. The highest BCUT2D eigenvalue weighted by Gasteiger charge is 2.28. The van der Waals surface area contributed by atoms with Gasteiger partial charge in [0.05, 0.1) is 0 Å². The van der Waals surface area contributed by atoms with Crippen molar-refractivity contribution in [1.29, 1.82) is 0 Å². The molecule has 1 N–H and O–H groups in total. The number of allylic oxidation sites excluding steroid dienone is 1. The van der Waals surface area contributed by atoms with Crippen LogP contribution in [-0.4, -0.2) is 34.5 Å². The minimum Gasteiger partial charge on any atom is -0.480 e. The number of nitrogens with zero attached hydrogens (tertiary/aromatic N) is 1. The van der Waals surface area contributed by atoms with Crippen LogP contribution in [0.1, 0.15) is 57.8 Å². The molecule has 0 unspecified atom stereocenters.